The fraction of sp³-hybridized carbons (Fsp3) is 0.458. The van der Waals surface area contributed by atoms with Gasteiger partial charge in [0.15, 0.2) is 15.8 Å². The number of benzene rings is 2. The normalized spacial score (nSPS) is 17.5. The Morgan fingerprint density at radius 2 is 1.77 bits per heavy atom. The summed E-state index contributed by atoms with van der Waals surface area (Å²) in [6.45, 7) is 4.59. The second-order valence-corrected chi connectivity index (χ2v) is 10.5. The molecule has 0 aromatic heterocycles. The van der Waals surface area contributed by atoms with E-state index in [2.05, 4.69) is 41.4 Å². The molecule has 0 unspecified atom stereocenters. The number of nitrogens with one attached hydrogen (secondary N) is 1. The Bertz CT molecular complexity index is 1030. The molecule has 31 heavy (non-hydrogen) atoms. The molecule has 7 heteroatoms. The van der Waals surface area contributed by atoms with Crippen molar-refractivity contribution in [3.05, 3.63) is 59.7 Å². The number of aliphatic imine (C=N–C) groups is 1. The van der Waals surface area contributed by atoms with Gasteiger partial charge in [-0.2, -0.15) is 0 Å². The fourth-order valence-corrected chi connectivity index (χ4v) is 5.52. The number of anilines is 1. The standard InChI is InChI=1S/C24H31N3O2S.HI/c1-3-25-23(26-17-14-19-10-12-20(13-11-19)30(2,28)29)27-18-24(15-6-7-16-24)21-8-4-5-9-22(21)27;/h4-5,8-13H,3,6-7,14-18H2,1-2H3,(H,25,26);1H. The Morgan fingerprint density at radius 3 is 2.42 bits per heavy atom. The van der Waals surface area contributed by atoms with Gasteiger partial charge in [-0.15, -0.1) is 24.0 Å². The lowest BCUT2D eigenvalue weighted by Gasteiger charge is -2.26. The quantitative estimate of drug-likeness (QED) is 0.336. The van der Waals surface area contributed by atoms with Crippen molar-refractivity contribution in [2.75, 3.05) is 30.8 Å². The van der Waals surface area contributed by atoms with Crippen LogP contribution in [0.15, 0.2) is 58.4 Å². The third-order valence-corrected chi connectivity index (χ3v) is 7.52. The highest BCUT2D eigenvalue weighted by Gasteiger charge is 2.45. The summed E-state index contributed by atoms with van der Waals surface area (Å²) in [4.78, 5) is 7.66. The van der Waals surface area contributed by atoms with Gasteiger partial charge >= 0.3 is 0 Å². The van der Waals surface area contributed by atoms with Crippen molar-refractivity contribution in [3.8, 4) is 0 Å². The van der Waals surface area contributed by atoms with E-state index in [0.717, 1.165) is 31.0 Å². The van der Waals surface area contributed by atoms with Crippen molar-refractivity contribution in [1.29, 1.82) is 0 Å². The van der Waals surface area contributed by atoms with Crippen LogP contribution < -0.4 is 10.2 Å². The summed E-state index contributed by atoms with van der Waals surface area (Å²) < 4.78 is 23.3. The Kier molecular flexibility index (Phi) is 7.68. The second kappa shape index (κ2) is 9.90. The Balaban J connectivity index is 0.00000272. The summed E-state index contributed by atoms with van der Waals surface area (Å²) >= 11 is 0. The van der Waals surface area contributed by atoms with Crippen LogP contribution in [0.4, 0.5) is 5.69 Å². The minimum Gasteiger partial charge on any atom is -0.356 e. The highest BCUT2D eigenvalue weighted by atomic mass is 127. The van der Waals surface area contributed by atoms with Crippen molar-refractivity contribution in [2.24, 2.45) is 4.99 Å². The number of hydrogen-bond donors (Lipinski definition) is 1. The number of para-hydroxylation sites is 1. The number of guanidine groups is 1. The van der Waals surface area contributed by atoms with E-state index in [9.17, 15) is 8.42 Å². The maximum atomic E-state index is 11.6. The number of hydrogen-bond acceptors (Lipinski definition) is 3. The lowest BCUT2D eigenvalue weighted by molar-refractivity contribution is 0.478. The highest BCUT2D eigenvalue weighted by Crippen LogP contribution is 2.50. The first kappa shape index (κ1) is 24.0. The molecule has 2 aromatic carbocycles. The molecule has 1 N–H and O–H groups in total. The molecule has 1 saturated carbocycles. The molecule has 5 nitrogen and oxygen atoms in total. The minimum atomic E-state index is -3.16. The summed E-state index contributed by atoms with van der Waals surface area (Å²) in [6.07, 6.45) is 7.14. The largest absolute Gasteiger partial charge is 0.356 e. The van der Waals surface area contributed by atoms with Crippen LogP contribution >= 0.6 is 24.0 Å². The van der Waals surface area contributed by atoms with Crippen molar-refractivity contribution in [1.82, 2.24) is 5.32 Å². The first-order chi connectivity index (χ1) is 14.4. The van der Waals surface area contributed by atoms with Gasteiger partial charge in [-0.3, -0.25) is 4.99 Å². The van der Waals surface area contributed by atoms with Crippen LogP contribution in [0.1, 0.15) is 43.7 Å². The van der Waals surface area contributed by atoms with E-state index in [-0.39, 0.29) is 29.4 Å². The van der Waals surface area contributed by atoms with Crippen molar-refractivity contribution >= 4 is 45.5 Å². The molecule has 0 radical (unpaired) electrons. The van der Waals surface area contributed by atoms with E-state index in [1.54, 1.807) is 12.1 Å². The molecule has 0 atom stereocenters. The zero-order valence-corrected chi connectivity index (χ0v) is 21.4. The monoisotopic (exact) mass is 553 g/mol. The van der Waals surface area contributed by atoms with Crippen LogP contribution in [0.3, 0.4) is 0 Å². The van der Waals surface area contributed by atoms with E-state index in [0.29, 0.717) is 11.4 Å². The molecule has 1 spiro atoms. The van der Waals surface area contributed by atoms with Gasteiger partial charge in [-0.1, -0.05) is 43.2 Å². The molecule has 4 rings (SSSR count). The molecule has 1 aliphatic heterocycles. The first-order valence-electron chi connectivity index (χ1n) is 10.9. The number of halogens is 1. The third-order valence-electron chi connectivity index (χ3n) is 6.39. The number of rotatable bonds is 5. The van der Waals surface area contributed by atoms with Gasteiger partial charge in [-0.05, 0) is 55.5 Å². The number of fused-ring (bicyclic) bond motifs is 2. The molecule has 0 bridgehead atoms. The van der Waals surface area contributed by atoms with Gasteiger partial charge in [-0.25, -0.2) is 8.42 Å². The van der Waals surface area contributed by atoms with Crippen LogP contribution in [0.2, 0.25) is 0 Å². The zero-order chi connectivity index (χ0) is 21.2. The van der Waals surface area contributed by atoms with Crippen LogP contribution in [0.5, 0.6) is 0 Å². The lowest BCUT2D eigenvalue weighted by atomic mass is 9.81. The molecular formula is C24H32IN3O2S. The molecule has 0 saturated heterocycles. The predicted molar refractivity (Wildman–Crippen MR) is 139 cm³/mol. The summed E-state index contributed by atoms with van der Waals surface area (Å²) in [5.74, 6) is 0.946. The first-order valence-corrected chi connectivity index (χ1v) is 12.8. The van der Waals surface area contributed by atoms with Gasteiger partial charge in [0.1, 0.15) is 0 Å². The highest BCUT2D eigenvalue weighted by molar-refractivity contribution is 14.0. The zero-order valence-electron chi connectivity index (χ0n) is 18.3. The average molecular weight is 554 g/mol. The van der Waals surface area contributed by atoms with E-state index >= 15 is 0 Å². The third kappa shape index (κ3) is 5.08. The van der Waals surface area contributed by atoms with E-state index in [4.69, 9.17) is 4.99 Å². The molecule has 0 amide bonds. The fourth-order valence-electron chi connectivity index (χ4n) is 4.89. The second-order valence-electron chi connectivity index (χ2n) is 8.49. The molecule has 1 fully saturated rings. The topological polar surface area (TPSA) is 61.8 Å². The van der Waals surface area contributed by atoms with Gasteiger partial charge < -0.3 is 10.2 Å². The van der Waals surface area contributed by atoms with Gasteiger partial charge in [0.25, 0.3) is 0 Å². The van der Waals surface area contributed by atoms with Crippen molar-refractivity contribution in [3.63, 3.8) is 0 Å². The Morgan fingerprint density at radius 1 is 1.10 bits per heavy atom. The summed E-state index contributed by atoms with van der Waals surface area (Å²) in [7, 11) is -3.16. The maximum Gasteiger partial charge on any atom is 0.198 e. The lowest BCUT2D eigenvalue weighted by Crippen LogP contribution is -2.43. The Labute approximate surface area is 203 Å². The Hall–Kier alpha value is -1.61. The smallest absolute Gasteiger partial charge is 0.198 e. The van der Waals surface area contributed by atoms with Gasteiger partial charge in [0.2, 0.25) is 0 Å². The molecule has 2 aromatic rings. The summed E-state index contributed by atoms with van der Waals surface area (Å²) in [5.41, 5.74) is 4.13. The van der Waals surface area contributed by atoms with E-state index in [1.165, 1.54) is 43.2 Å². The summed E-state index contributed by atoms with van der Waals surface area (Å²) in [6, 6.07) is 15.9. The van der Waals surface area contributed by atoms with Crippen LogP contribution in [0, 0.1) is 0 Å². The molecule has 1 heterocycles. The average Bonchev–Trinajstić information content (AvgIpc) is 3.33. The number of sulfone groups is 1. The maximum absolute atomic E-state index is 11.6. The van der Waals surface area contributed by atoms with Crippen LogP contribution in [-0.4, -0.2) is 40.3 Å². The molecule has 1 aliphatic carbocycles. The minimum absolute atomic E-state index is 0. The van der Waals surface area contributed by atoms with Gasteiger partial charge in [0.05, 0.1) is 4.90 Å². The SMILES string of the molecule is CCNC(=NCCc1ccc(S(C)(=O)=O)cc1)N1CC2(CCCC2)c2ccccc21.I. The van der Waals surface area contributed by atoms with Crippen LogP contribution in [-0.2, 0) is 21.7 Å². The molecule has 168 valence electrons. The van der Waals surface area contributed by atoms with E-state index in [1.807, 2.05) is 12.1 Å². The van der Waals surface area contributed by atoms with Crippen molar-refractivity contribution in [2.45, 2.75) is 49.3 Å². The predicted octanol–water partition coefficient (Wildman–Crippen LogP) is 4.55. The van der Waals surface area contributed by atoms with Gasteiger partial charge in [0, 0.05) is 37.0 Å². The van der Waals surface area contributed by atoms with E-state index < -0.39 is 9.84 Å². The molecule has 2 aliphatic rings. The number of nitrogens with zero attached hydrogens (tertiary/aromatic N) is 2. The van der Waals surface area contributed by atoms with Crippen molar-refractivity contribution < 1.29 is 8.42 Å². The van der Waals surface area contributed by atoms with Crippen LogP contribution in [0.25, 0.3) is 0 Å². The molecular weight excluding hydrogens is 521 g/mol. The summed E-state index contributed by atoms with van der Waals surface area (Å²) in [5, 5.41) is 3.48.